The van der Waals surface area contributed by atoms with Crippen LogP contribution in [0.5, 0.6) is 0 Å². The summed E-state index contributed by atoms with van der Waals surface area (Å²) in [5.74, 6) is -3.05. The third-order valence-corrected chi connectivity index (χ3v) is 12.0. The van der Waals surface area contributed by atoms with E-state index in [0.29, 0.717) is 19.4 Å². The fraction of sp³-hybridized carbons (Fsp3) is 0.738. The molecule has 0 aromatic heterocycles. The summed E-state index contributed by atoms with van der Waals surface area (Å²) in [7, 11) is 6.18. The van der Waals surface area contributed by atoms with Gasteiger partial charge in [-0.15, -0.1) is 0 Å². The largest absolute Gasteiger partial charge is 0.469 e. The molecule has 0 radical (unpaired) electrons. The van der Waals surface area contributed by atoms with Crippen LogP contribution < -0.4 is 5.73 Å². The Balaban J connectivity index is 2.28. The van der Waals surface area contributed by atoms with Gasteiger partial charge in [0.05, 0.1) is 49.3 Å². The fourth-order valence-corrected chi connectivity index (χ4v) is 7.68. The topological polar surface area (TPSA) is 146 Å². The number of ether oxygens (including phenoxy) is 3. The Labute approximate surface area is 319 Å². The molecule has 1 aliphatic heterocycles. The summed E-state index contributed by atoms with van der Waals surface area (Å²) < 4.78 is 17.0. The van der Waals surface area contributed by atoms with Gasteiger partial charge in [-0.2, -0.15) is 0 Å². The van der Waals surface area contributed by atoms with E-state index in [4.69, 9.17) is 19.9 Å². The van der Waals surface area contributed by atoms with E-state index in [1.54, 1.807) is 44.9 Å². The van der Waals surface area contributed by atoms with Gasteiger partial charge < -0.3 is 29.7 Å². The van der Waals surface area contributed by atoms with Crippen molar-refractivity contribution in [2.45, 2.75) is 130 Å². The van der Waals surface area contributed by atoms with E-state index in [0.717, 1.165) is 18.4 Å². The molecule has 11 nitrogen and oxygen atoms in total. The molecule has 1 fully saturated rings. The molecule has 1 aromatic carbocycles. The molecule has 53 heavy (non-hydrogen) atoms. The number of esters is 1. The lowest BCUT2D eigenvalue weighted by molar-refractivity contribution is -0.150. The smallest absolute Gasteiger partial charge is 0.309 e. The molecule has 2 N–H and O–H groups in total. The molecule has 1 aromatic rings. The first-order chi connectivity index (χ1) is 24.9. The standard InChI is InChI=1S/C42H69N3O8/c1-13-28(6)38(44(9)40(49)32(26(2)3)24-36(47)42(8,43)27(4)5)35(51-10)25-37(48)45-21-17-20-33(45)39(52-11)29(7)34(46)23-31(41(50)53-12)22-30-18-15-14-16-19-30/h14-16,18-19,26-29,31-33,35,38-39H,13,17,20-25,43H2,1-12H3/t28-,29-,31+,32-,33-,35+,38-,39+,42+/m0/s1. The zero-order valence-electron chi connectivity index (χ0n) is 34.6. The second kappa shape index (κ2) is 21.1. The van der Waals surface area contributed by atoms with Crippen molar-refractivity contribution < 1.29 is 38.2 Å². The summed E-state index contributed by atoms with van der Waals surface area (Å²) in [6, 6.07) is 8.74. The summed E-state index contributed by atoms with van der Waals surface area (Å²) in [6.45, 7) is 15.8. The molecular formula is C42H69N3O8. The number of methoxy groups -OCH3 is 3. The minimum Gasteiger partial charge on any atom is -0.469 e. The number of carbonyl (C=O) groups excluding carboxylic acids is 5. The number of benzene rings is 1. The van der Waals surface area contributed by atoms with Crippen LogP contribution in [0.3, 0.4) is 0 Å². The number of Topliss-reactive ketones (excluding diaryl/α,β-unsaturated/α-hetero) is 2. The highest BCUT2D eigenvalue weighted by molar-refractivity contribution is 5.92. The van der Waals surface area contributed by atoms with Crippen LogP contribution in [0, 0.1) is 35.5 Å². The number of likely N-dealkylation sites (tertiary alicyclic amines) is 1. The Morgan fingerprint density at radius 1 is 0.943 bits per heavy atom. The van der Waals surface area contributed by atoms with Crippen LogP contribution in [-0.2, 0) is 44.6 Å². The summed E-state index contributed by atoms with van der Waals surface area (Å²) in [6.07, 6.45) is 1.39. The first-order valence-electron chi connectivity index (χ1n) is 19.5. The molecule has 1 heterocycles. The highest BCUT2D eigenvalue weighted by Crippen LogP contribution is 2.32. The van der Waals surface area contributed by atoms with Crippen LogP contribution in [0.25, 0.3) is 0 Å². The van der Waals surface area contributed by atoms with Crippen LogP contribution in [0.2, 0.25) is 0 Å². The number of rotatable bonds is 22. The average molecular weight is 744 g/mol. The summed E-state index contributed by atoms with van der Waals surface area (Å²) in [5.41, 5.74) is 6.29. The maximum absolute atomic E-state index is 14.2. The molecular weight excluding hydrogens is 674 g/mol. The van der Waals surface area contributed by atoms with Gasteiger partial charge in [0.1, 0.15) is 5.78 Å². The maximum atomic E-state index is 14.2. The Morgan fingerprint density at radius 3 is 2.08 bits per heavy atom. The van der Waals surface area contributed by atoms with E-state index in [9.17, 15) is 24.0 Å². The zero-order valence-corrected chi connectivity index (χ0v) is 34.6. The van der Waals surface area contributed by atoms with Crippen molar-refractivity contribution in [1.29, 1.82) is 0 Å². The molecule has 11 heteroatoms. The molecule has 9 atom stereocenters. The van der Waals surface area contributed by atoms with E-state index in [1.165, 1.54) is 7.11 Å². The Hall–Kier alpha value is -3.15. The molecule has 1 aliphatic rings. The lowest BCUT2D eigenvalue weighted by Gasteiger charge is -2.41. The van der Waals surface area contributed by atoms with Gasteiger partial charge in [-0.1, -0.05) is 85.2 Å². The van der Waals surface area contributed by atoms with Gasteiger partial charge >= 0.3 is 5.97 Å². The van der Waals surface area contributed by atoms with Crippen molar-refractivity contribution in [2.75, 3.05) is 34.9 Å². The minimum absolute atomic E-state index is 0.00306. The van der Waals surface area contributed by atoms with Crippen LogP contribution in [0.4, 0.5) is 0 Å². The van der Waals surface area contributed by atoms with Gasteiger partial charge in [0.2, 0.25) is 11.8 Å². The zero-order chi connectivity index (χ0) is 40.2. The molecule has 1 saturated heterocycles. The lowest BCUT2D eigenvalue weighted by atomic mass is 9.78. The third kappa shape index (κ3) is 11.9. The van der Waals surface area contributed by atoms with Gasteiger partial charge in [0.25, 0.3) is 0 Å². The van der Waals surface area contributed by atoms with E-state index >= 15 is 0 Å². The van der Waals surface area contributed by atoms with Crippen molar-refractivity contribution in [2.24, 2.45) is 41.2 Å². The van der Waals surface area contributed by atoms with Crippen LogP contribution in [-0.4, -0.2) is 104 Å². The molecule has 0 aliphatic carbocycles. The fourth-order valence-electron chi connectivity index (χ4n) is 7.68. The van der Waals surface area contributed by atoms with Gasteiger partial charge in [-0.3, -0.25) is 24.0 Å². The number of likely N-dealkylation sites (N-methyl/N-ethyl adjacent to an activating group) is 1. The number of hydrogen-bond acceptors (Lipinski definition) is 9. The predicted molar refractivity (Wildman–Crippen MR) is 207 cm³/mol. The molecule has 0 spiro atoms. The average Bonchev–Trinajstić information content (AvgIpc) is 3.62. The molecule has 2 rings (SSSR count). The van der Waals surface area contributed by atoms with Crippen molar-refractivity contribution in [3.05, 3.63) is 35.9 Å². The van der Waals surface area contributed by atoms with E-state index in [1.807, 2.05) is 71.9 Å². The van der Waals surface area contributed by atoms with Gasteiger partial charge in [-0.25, -0.2) is 0 Å². The third-order valence-electron chi connectivity index (χ3n) is 12.0. The number of nitrogens with zero attached hydrogens (tertiary/aromatic N) is 2. The Kier molecular flexibility index (Phi) is 18.3. The summed E-state index contributed by atoms with van der Waals surface area (Å²) in [4.78, 5) is 71.7. The highest BCUT2D eigenvalue weighted by atomic mass is 16.5. The normalized spacial score (nSPS) is 19.8. The lowest BCUT2D eigenvalue weighted by Crippen LogP contribution is -2.55. The Morgan fingerprint density at radius 2 is 1.57 bits per heavy atom. The molecule has 300 valence electrons. The molecule has 0 bridgehead atoms. The number of hydrogen-bond donors (Lipinski definition) is 1. The molecule has 2 amide bonds. The van der Waals surface area contributed by atoms with E-state index in [-0.39, 0.29) is 66.4 Å². The van der Waals surface area contributed by atoms with Crippen molar-refractivity contribution in [3.8, 4) is 0 Å². The van der Waals surface area contributed by atoms with Crippen LogP contribution in [0.1, 0.15) is 99.5 Å². The number of carbonyl (C=O) groups is 5. The number of ketones is 2. The molecule has 0 saturated carbocycles. The first-order valence-corrected chi connectivity index (χ1v) is 19.5. The predicted octanol–water partition coefficient (Wildman–Crippen LogP) is 5.50. The van der Waals surface area contributed by atoms with Gasteiger partial charge in [0, 0.05) is 52.5 Å². The van der Waals surface area contributed by atoms with E-state index in [2.05, 4.69) is 0 Å². The van der Waals surface area contributed by atoms with Crippen LogP contribution in [0.15, 0.2) is 30.3 Å². The quantitative estimate of drug-likeness (QED) is 0.152. The number of amides is 2. The van der Waals surface area contributed by atoms with E-state index < -0.39 is 47.5 Å². The summed E-state index contributed by atoms with van der Waals surface area (Å²) in [5, 5.41) is 0. The first kappa shape index (κ1) is 46.0. The van der Waals surface area contributed by atoms with Gasteiger partial charge in [0.15, 0.2) is 5.78 Å². The second-order valence-corrected chi connectivity index (χ2v) is 16.1. The number of nitrogens with two attached hydrogens (primary N) is 1. The Bertz CT molecular complexity index is 1350. The van der Waals surface area contributed by atoms with Crippen LogP contribution >= 0.6 is 0 Å². The van der Waals surface area contributed by atoms with Crippen molar-refractivity contribution in [3.63, 3.8) is 0 Å². The SMILES string of the molecule is CC[C@H](C)[C@@H]([C@@H](CC(=O)N1CCC[C@H]1[C@H](OC)[C@@H](C)C(=O)C[C@@H](Cc1ccccc1)C(=O)OC)OC)N(C)C(=O)[C@@H](CC(=O)[C@](C)(N)C(C)C)C(C)C. The second-order valence-electron chi connectivity index (χ2n) is 16.1. The molecule has 0 unspecified atom stereocenters. The van der Waals surface area contributed by atoms with Crippen molar-refractivity contribution in [1.82, 2.24) is 9.80 Å². The maximum Gasteiger partial charge on any atom is 0.309 e. The summed E-state index contributed by atoms with van der Waals surface area (Å²) >= 11 is 0. The highest BCUT2D eigenvalue weighted by Gasteiger charge is 2.44. The van der Waals surface area contributed by atoms with Gasteiger partial charge in [-0.05, 0) is 49.5 Å². The monoisotopic (exact) mass is 744 g/mol. The minimum atomic E-state index is -1.05. The van der Waals surface area contributed by atoms with Crippen molar-refractivity contribution >= 4 is 29.4 Å².